The minimum atomic E-state index is -1.73. The van der Waals surface area contributed by atoms with Gasteiger partial charge in [-0.05, 0) is 72.8 Å². The van der Waals surface area contributed by atoms with Crippen molar-refractivity contribution < 1.29 is 83.9 Å². The SMILES string of the molecule is CC(=O)NC1COC(CO)C(OC2OC(CO)C(OC3OC(CO)C(OC4OC(CO)C(O)C(O)C4N)C(O)C3N=C3C=CC(=Nc4ccc(Nc5ccc(N)cc5)cc4)C=C3)C(O)C2N)C1O. The molecule has 24 heteroatoms. The summed E-state index contributed by atoms with van der Waals surface area (Å²) < 4.78 is 41.7. The van der Waals surface area contributed by atoms with Crippen LogP contribution in [0.1, 0.15) is 6.92 Å². The third-order valence-corrected chi connectivity index (χ3v) is 12.2. The molecular formula is C44H61N7O17. The number of benzene rings is 2. The van der Waals surface area contributed by atoms with Crippen molar-refractivity contribution in [2.75, 3.05) is 44.1 Å². The summed E-state index contributed by atoms with van der Waals surface area (Å²) in [5.41, 5.74) is 22.2. The van der Waals surface area contributed by atoms with Crippen LogP contribution in [-0.2, 0) is 38.0 Å². The largest absolute Gasteiger partial charge is 0.399 e. The second-order valence-corrected chi connectivity index (χ2v) is 17.0. The molecule has 4 saturated heterocycles. The Kier molecular flexibility index (Phi) is 17.4. The van der Waals surface area contributed by atoms with Crippen molar-refractivity contribution in [2.45, 2.75) is 123 Å². The van der Waals surface area contributed by atoms with Gasteiger partial charge in [0.05, 0.1) is 68.3 Å². The van der Waals surface area contributed by atoms with Crippen LogP contribution in [-0.4, -0.2) is 213 Å². The molecule has 4 aliphatic heterocycles. The Morgan fingerprint density at radius 2 is 1.12 bits per heavy atom. The van der Waals surface area contributed by atoms with Gasteiger partial charge in [-0.1, -0.05) is 0 Å². The molecular weight excluding hydrogens is 899 g/mol. The molecule has 0 saturated carbocycles. The molecule has 4 heterocycles. The molecule has 0 aromatic heterocycles. The molecule has 2 aromatic carbocycles. The number of carbonyl (C=O) groups is 1. The topological polar surface area (TPSA) is 391 Å². The predicted octanol–water partition coefficient (Wildman–Crippen LogP) is -4.32. The molecule has 68 heavy (non-hydrogen) atoms. The zero-order valence-corrected chi connectivity index (χ0v) is 36.9. The molecule has 0 spiro atoms. The number of nitrogens with one attached hydrogen (secondary N) is 2. The van der Waals surface area contributed by atoms with Crippen molar-refractivity contribution in [1.82, 2.24) is 5.32 Å². The molecule has 0 radical (unpaired) electrons. The number of anilines is 3. The van der Waals surface area contributed by atoms with Crippen LogP contribution < -0.4 is 27.8 Å². The summed E-state index contributed by atoms with van der Waals surface area (Å²) in [6, 6.07) is 9.44. The minimum absolute atomic E-state index is 0.144. The number of nitrogens with two attached hydrogens (primary N) is 3. The normalized spacial score (nSPS) is 38.5. The van der Waals surface area contributed by atoms with Gasteiger partial charge in [0, 0.05) is 24.0 Å². The fourth-order valence-electron chi connectivity index (χ4n) is 8.41. The third kappa shape index (κ3) is 11.8. The lowest BCUT2D eigenvalue weighted by Crippen LogP contribution is -2.69. The summed E-state index contributed by atoms with van der Waals surface area (Å²) in [5, 5.41) is 103. The Morgan fingerprint density at radius 3 is 1.69 bits per heavy atom. The number of hydrogen-bond acceptors (Lipinski definition) is 23. The summed E-state index contributed by atoms with van der Waals surface area (Å²) in [6.45, 7) is -1.83. The lowest BCUT2D eigenvalue weighted by atomic mass is 9.93. The van der Waals surface area contributed by atoms with Crippen LogP contribution in [0.25, 0.3) is 0 Å². The Bertz CT molecular complexity index is 2080. The highest BCUT2D eigenvalue weighted by molar-refractivity contribution is 6.19. The molecule has 19 atom stereocenters. The standard InChI is InChI=1S/C44H61N7O17/c1-19(56)48-26-18-62-28(15-53)39(34(26)57)66-43-32(47)37(60)40(29(16-54)64-43)68-44-33(38(61)41(30(17-55)65-44)67-42-31(46)36(59)35(58)27(14-52)63-42)51-25-12-10-24(11-13-25)50-23-8-6-22(7-9-23)49-21-4-2-20(45)3-5-21/h2-13,26-44,49,52-55,57-61H,14-18,45-47H2,1H3,(H,48,56). The number of aliphatic hydroxyl groups excluding tert-OH is 9. The zero-order valence-electron chi connectivity index (χ0n) is 36.9. The molecule has 19 unspecified atom stereocenters. The molecule has 5 aliphatic rings. The van der Waals surface area contributed by atoms with E-state index in [0.29, 0.717) is 17.1 Å². The van der Waals surface area contributed by atoms with E-state index in [-0.39, 0.29) is 12.3 Å². The number of nitrogen functional groups attached to an aromatic ring is 1. The van der Waals surface area contributed by atoms with Gasteiger partial charge >= 0.3 is 0 Å². The zero-order chi connectivity index (χ0) is 48.8. The molecule has 2 aromatic rings. The Balaban J connectivity index is 1.11. The molecule has 0 bridgehead atoms. The Morgan fingerprint density at radius 1 is 0.632 bits per heavy atom. The van der Waals surface area contributed by atoms with Crippen LogP contribution in [0, 0.1) is 0 Å². The van der Waals surface area contributed by atoms with Crippen LogP contribution in [0.2, 0.25) is 0 Å². The fraction of sp³-hybridized carbons (Fsp3) is 0.568. The van der Waals surface area contributed by atoms with E-state index in [2.05, 4.69) is 15.6 Å². The average Bonchev–Trinajstić information content (AvgIpc) is 3.33. The summed E-state index contributed by atoms with van der Waals surface area (Å²) in [5.74, 6) is -0.462. The number of hydrogen-bond donors (Lipinski definition) is 14. The van der Waals surface area contributed by atoms with Gasteiger partial charge < -0.3 is 107 Å². The summed E-state index contributed by atoms with van der Waals surface area (Å²) in [6.07, 6.45) is -15.9. The van der Waals surface area contributed by atoms with Crippen molar-refractivity contribution in [2.24, 2.45) is 21.5 Å². The summed E-state index contributed by atoms with van der Waals surface area (Å²) in [7, 11) is 0. The van der Waals surface area contributed by atoms with Crippen molar-refractivity contribution in [3.8, 4) is 0 Å². The van der Waals surface area contributed by atoms with Crippen LogP contribution in [0.4, 0.5) is 22.7 Å². The first-order valence-corrected chi connectivity index (χ1v) is 22.0. The smallest absolute Gasteiger partial charge is 0.217 e. The molecule has 1 aliphatic carbocycles. The van der Waals surface area contributed by atoms with E-state index in [1.54, 1.807) is 36.4 Å². The number of allylic oxidation sites excluding steroid dienone is 4. The van der Waals surface area contributed by atoms with Gasteiger partial charge in [0.25, 0.3) is 0 Å². The quantitative estimate of drug-likeness (QED) is 0.0593. The number of nitrogens with zero attached hydrogens (tertiary/aromatic N) is 2. The molecule has 24 nitrogen and oxygen atoms in total. The van der Waals surface area contributed by atoms with E-state index in [4.69, 9.17) is 55.4 Å². The molecule has 1 amide bonds. The highest BCUT2D eigenvalue weighted by atomic mass is 16.8. The monoisotopic (exact) mass is 959 g/mol. The molecule has 374 valence electrons. The first-order chi connectivity index (χ1) is 32.6. The van der Waals surface area contributed by atoms with Gasteiger partial charge in [0.15, 0.2) is 18.9 Å². The van der Waals surface area contributed by atoms with Crippen LogP contribution in [0.5, 0.6) is 0 Å². The number of carbonyl (C=O) groups excluding carboxylic acids is 1. The second kappa shape index (κ2) is 23.0. The fourth-order valence-corrected chi connectivity index (χ4v) is 8.41. The van der Waals surface area contributed by atoms with Crippen molar-refractivity contribution >= 4 is 40.1 Å². The molecule has 17 N–H and O–H groups in total. The highest BCUT2D eigenvalue weighted by Crippen LogP contribution is 2.35. The van der Waals surface area contributed by atoms with Crippen molar-refractivity contribution in [1.29, 1.82) is 0 Å². The first-order valence-electron chi connectivity index (χ1n) is 22.0. The molecule has 4 fully saturated rings. The summed E-state index contributed by atoms with van der Waals surface area (Å²) >= 11 is 0. The Labute approximate surface area is 390 Å². The summed E-state index contributed by atoms with van der Waals surface area (Å²) in [4.78, 5) is 21.2. The van der Waals surface area contributed by atoms with Gasteiger partial charge in [-0.15, -0.1) is 0 Å². The Hall–Kier alpha value is -4.39. The van der Waals surface area contributed by atoms with E-state index in [1.807, 2.05) is 36.4 Å². The number of ether oxygens (including phenoxy) is 7. The van der Waals surface area contributed by atoms with Crippen molar-refractivity contribution in [3.05, 3.63) is 72.8 Å². The first kappa shape index (κ1) is 51.5. The van der Waals surface area contributed by atoms with E-state index in [9.17, 15) is 50.8 Å². The van der Waals surface area contributed by atoms with E-state index < -0.39 is 149 Å². The van der Waals surface area contributed by atoms with Crippen LogP contribution in [0.15, 0.2) is 82.8 Å². The third-order valence-electron chi connectivity index (χ3n) is 12.2. The maximum absolute atomic E-state index is 12.1. The maximum atomic E-state index is 12.1. The van der Waals surface area contributed by atoms with Gasteiger partial charge in [-0.25, -0.2) is 4.99 Å². The van der Waals surface area contributed by atoms with Crippen LogP contribution >= 0.6 is 0 Å². The maximum Gasteiger partial charge on any atom is 0.217 e. The second-order valence-electron chi connectivity index (χ2n) is 17.0. The van der Waals surface area contributed by atoms with Gasteiger partial charge in [-0.2, -0.15) is 0 Å². The van der Waals surface area contributed by atoms with E-state index in [1.165, 1.54) is 6.92 Å². The number of rotatable bonds is 15. The molecule has 7 rings (SSSR count). The van der Waals surface area contributed by atoms with E-state index in [0.717, 1.165) is 11.4 Å². The van der Waals surface area contributed by atoms with Crippen LogP contribution in [0.3, 0.4) is 0 Å². The van der Waals surface area contributed by atoms with Gasteiger partial charge in [-0.3, -0.25) is 9.79 Å². The predicted molar refractivity (Wildman–Crippen MR) is 239 cm³/mol. The average molecular weight is 960 g/mol. The highest BCUT2D eigenvalue weighted by Gasteiger charge is 2.54. The van der Waals surface area contributed by atoms with Gasteiger partial charge in [0.2, 0.25) is 5.91 Å². The lowest BCUT2D eigenvalue weighted by molar-refractivity contribution is -0.355. The lowest BCUT2D eigenvalue weighted by Gasteiger charge is -2.49. The number of aliphatic imine (C=N–C) groups is 2. The van der Waals surface area contributed by atoms with Crippen molar-refractivity contribution in [3.63, 3.8) is 0 Å². The number of aliphatic hydroxyl groups is 9. The number of amides is 1. The van der Waals surface area contributed by atoms with Gasteiger partial charge in [0.1, 0.15) is 79.3 Å². The minimum Gasteiger partial charge on any atom is -0.399 e. The van der Waals surface area contributed by atoms with E-state index >= 15 is 0 Å².